The molecule has 2 bridgehead atoms. The molecule has 30 heavy (non-hydrogen) atoms. The third kappa shape index (κ3) is 3.48. The van der Waals surface area contributed by atoms with Gasteiger partial charge in [-0.3, -0.25) is 9.79 Å². The van der Waals surface area contributed by atoms with Crippen molar-refractivity contribution in [1.29, 1.82) is 0 Å². The van der Waals surface area contributed by atoms with Gasteiger partial charge in [0.05, 0.1) is 11.8 Å². The molecule has 1 aromatic rings. The highest BCUT2D eigenvalue weighted by Gasteiger charge is 2.58. The number of hydrogen-bond donors (Lipinski definition) is 0. The number of carbonyl (C=O) groups excluding carboxylic acids is 2. The summed E-state index contributed by atoms with van der Waals surface area (Å²) in [4.78, 5) is 33.9. The van der Waals surface area contributed by atoms with Crippen molar-refractivity contribution in [3.63, 3.8) is 0 Å². The average molecular weight is 409 g/mol. The quantitative estimate of drug-likeness (QED) is 0.647. The Labute approximate surface area is 179 Å². The van der Waals surface area contributed by atoms with Gasteiger partial charge < -0.3 is 4.74 Å². The maximum Gasteiger partial charge on any atom is 0.417 e. The molecule has 2 amide bonds. The zero-order valence-electron chi connectivity index (χ0n) is 18.6. The van der Waals surface area contributed by atoms with Crippen LogP contribution in [0.5, 0.6) is 0 Å². The topological polar surface area (TPSA) is 59.0 Å². The first-order valence-electron chi connectivity index (χ1n) is 11.0. The summed E-state index contributed by atoms with van der Waals surface area (Å²) in [6.45, 7) is 9.54. The lowest BCUT2D eigenvalue weighted by Gasteiger charge is -2.51. The molecule has 0 radical (unpaired) electrons. The first-order valence-corrected chi connectivity index (χ1v) is 11.0. The van der Waals surface area contributed by atoms with Gasteiger partial charge in [0.2, 0.25) is 0 Å². The van der Waals surface area contributed by atoms with E-state index in [0.717, 1.165) is 24.1 Å². The van der Waals surface area contributed by atoms with Crippen LogP contribution in [-0.2, 0) is 9.53 Å². The molecule has 5 rings (SSSR count). The second kappa shape index (κ2) is 7.36. The second-order valence-electron chi connectivity index (χ2n) is 10.2. The Kier molecular flexibility index (Phi) is 5.11. The fourth-order valence-electron chi connectivity index (χ4n) is 5.12. The first kappa shape index (κ1) is 20.8. The number of imide groups is 1. The van der Waals surface area contributed by atoms with Gasteiger partial charge in [0.25, 0.3) is 5.91 Å². The van der Waals surface area contributed by atoms with Crippen LogP contribution in [-0.4, -0.2) is 39.8 Å². The molecular weight excluding hydrogens is 376 g/mol. The van der Waals surface area contributed by atoms with E-state index in [1.807, 2.05) is 65.0 Å². The lowest BCUT2D eigenvalue weighted by Crippen LogP contribution is -2.66. The SMILES string of the molecule is CC(C)[C@H]1C(c2ccccc2)=N[C@@]2(C[C@H]3C=C[C@@H]2CC3)C(=O)N1C(=O)OC(C)(C)C. The second-order valence-corrected chi connectivity index (χ2v) is 10.2. The van der Waals surface area contributed by atoms with Crippen LogP contribution in [0.4, 0.5) is 4.79 Å². The van der Waals surface area contributed by atoms with Crippen molar-refractivity contribution in [2.45, 2.75) is 71.1 Å². The van der Waals surface area contributed by atoms with E-state index in [1.165, 1.54) is 4.90 Å². The van der Waals surface area contributed by atoms with Gasteiger partial charge in [0.15, 0.2) is 0 Å². The first-order chi connectivity index (χ1) is 14.1. The molecule has 0 N–H and O–H groups in total. The summed E-state index contributed by atoms with van der Waals surface area (Å²) in [5, 5.41) is 0. The Hall–Kier alpha value is -2.43. The van der Waals surface area contributed by atoms with Gasteiger partial charge in [-0.2, -0.15) is 0 Å². The summed E-state index contributed by atoms with van der Waals surface area (Å²) in [5.41, 5.74) is 0.184. The standard InChI is InChI=1S/C25H32N2O3/c1-16(2)21-20(18-9-7-6-8-10-18)26-25(15-17-11-13-19(25)14-12-17)22(28)27(21)23(29)30-24(3,4)5/h6-11,13,16-17,19,21H,12,14-15H2,1-5H3/t17-,19+,21-,25+/m0/s1. The molecule has 0 unspecified atom stereocenters. The van der Waals surface area contributed by atoms with E-state index in [9.17, 15) is 9.59 Å². The maximum atomic E-state index is 14.0. The molecule has 1 spiro atoms. The van der Waals surface area contributed by atoms with Crippen molar-refractivity contribution in [2.24, 2.45) is 22.7 Å². The molecule has 1 saturated carbocycles. The van der Waals surface area contributed by atoms with E-state index in [-0.39, 0.29) is 17.7 Å². The van der Waals surface area contributed by atoms with Crippen LogP contribution in [0.3, 0.4) is 0 Å². The molecule has 1 aromatic carbocycles. The summed E-state index contributed by atoms with van der Waals surface area (Å²) in [6, 6.07) is 9.50. The Balaban J connectivity index is 1.89. The Bertz CT molecular complexity index is 897. The lowest BCUT2D eigenvalue weighted by atomic mass is 9.62. The van der Waals surface area contributed by atoms with Crippen LogP contribution in [0.2, 0.25) is 0 Å². The number of allylic oxidation sites excluding steroid dienone is 1. The van der Waals surface area contributed by atoms with Gasteiger partial charge >= 0.3 is 6.09 Å². The van der Waals surface area contributed by atoms with Crippen molar-refractivity contribution < 1.29 is 14.3 Å². The summed E-state index contributed by atoms with van der Waals surface area (Å²) in [7, 11) is 0. The van der Waals surface area contributed by atoms with E-state index in [2.05, 4.69) is 12.2 Å². The average Bonchev–Trinajstić information content (AvgIpc) is 2.69. The molecule has 4 aliphatic rings. The number of nitrogens with zero attached hydrogens (tertiary/aromatic N) is 2. The third-order valence-corrected chi connectivity index (χ3v) is 6.41. The van der Waals surface area contributed by atoms with Crippen molar-refractivity contribution >= 4 is 17.7 Å². The number of aliphatic imine (C=N–C) groups is 1. The summed E-state index contributed by atoms with van der Waals surface area (Å²) in [5.74, 6) is 0.158. The molecule has 3 aliphatic carbocycles. The highest BCUT2D eigenvalue weighted by Crippen LogP contribution is 2.49. The summed E-state index contributed by atoms with van der Waals surface area (Å²) in [6.07, 6.45) is 6.45. The maximum absolute atomic E-state index is 14.0. The largest absolute Gasteiger partial charge is 0.443 e. The van der Waals surface area contributed by atoms with E-state index in [4.69, 9.17) is 9.73 Å². The van der Waals surface area contributed by atoms with Gasteiger partial charge in [-0.1, -0.05) is 56.3 Å². The minimum absolute atomic E-state index is 0.00842. The molecule has 5 heteroatoms. The van der Waals surface area contributed by atoms with E-state index >= 15 is 0 Å². The number of fused-ring (bicyclic) bond motifs is 1. The van der Waals surface area contributed by atoms with Crippen molar-refractivity contribution in [2.75, 3.05) is 0 Å². The molecule has 1 heterocycles. The van der Waals surface area contributed by atoms with Gasteiger partial charge in [-0.15, -0.1) is 0 Å². The normalized spacial score (nSPS) is 30.7. The van der Waals surface area contributed by atoms with Crippen LogP contribution in [0.15, 0.2) is 47.5 Å². The molecule has 1 fully saturated rings. The summed E-state index contributed by atoms with van der Waals surface area (Å²) < 4.78 is 5.72. The predicted octanol–water partition coefficient (Wildman–Crippen LogP) is 5.00. The fourth-order valence-corrected chi connectivity index (χ4v) is 5.12. The predicted molar refractivity (Wildman–Crippen MR) is 117 cm³/mol. The Morgan fingerprint density at radius 1 is 1.17 bits per heavy atom. The van der Waals surface area contributed by atoms with Crippen molar-refractivity contribution in [1.82, 2.24) is 4.90 Å². The molecule has 0 saturated heterocycles. The minimum atomic E-state index is -0.912. The van der Waals surface area contributed by atoms with Gasteiger partial charge in [-0.05, 0) is 57.4 Å². The monoisotopic (exact) mass is 408 g/mol. The van der Waals surface area contributed by atoms with E-state index in [1.54, 1.807) is 0 Å². The third-order valence-electron chi connectivity index (χ3n) is 6.41. The number of benzene rings is 1. The highest BCUT2D eigenvalue weighted by atomic mass is 16.6. The van der Waals surface area contributed by atoms with Gasteiger partial charge in [0.1, 0.15) is 11.1 Å². The zero-order chi connectivity index (χ0) is 21.7. The van der Waals surface area contributed by atoms with Crippen molar-refractivity contribution in [3.05, 3.63) is 48.0 Å². The molecule has 1 aliphatic heterocycles. The molecule has 160 valence electrons. The zero-order valence-corrected chi connectivity index (χ0v) is 18.6. The van der Waals surface area contributed by atoms with Crippen LogP contribution in [0.25, 0.3) is 0 Å². The number of carbonyl (C=O) groups is 2. The molecular formula is C25H32N2O3. The van der Waals surface area contributed by atoms with Crippen LogP contribution in [0.1, 0.15) is 59.4 Å². The fraction of sp³-hybridized carbons (Fsp3) is 0.560. The van der Waals surface area contributed by atoms with E-state index in [0.29, 0.717) is 12.3 Å². The number of hydrogen-bond acceptors (Lipinski definition) is 4. The number of rotatable bonds is 2. The smallest absolute Gasteiger partial charge is 0.417 e. The molecule has 0 aromatic heterocycles. The minimum Gasteiger partial charge on any atom is -0.443 e. The van der Waals surface area contributed by atoms with Gasteiger partial charge in [0, 0.05) is 5.92 Å². The van der Waals surface area contributed by atoms with Crippen LogP contribution < -0.4 is 0 Å². The number of amides is 2. The van der Waals surface area contributed by atoms with E-state index < -0.39 is 23.3 Å². The lowest BCUT2D eigenvalue weighted by molar-refractivity contribution is -0.142. The molecule has 4 atom stereocenters. The number of ether oxygens (including phenoxy) is 1. The Morgan fingerprint density at radius 3 is 2.37 bits per heavy atom. The van der Waals surface area contributed by atoms with Crippen LogP contribution in [0, 0.1) is 17.8 Å². The van der Waals surface area contributed by atoms with Crippen molar-refractivity contribution in [3.8, 4) is 0 Å². The Morgan fingerprint density at radius 2 is 1.87 bits per heavy atom. The summed E-state index contributed by atoms with van der Waals surface area (Å²) >= 11 is 0. The molecule has 5 nitrogen and oxygen atoms in total. The van der Waals surface area contributed by atoms with Crippen LogP contribution >= 0.6 is 0 Å². The van der Waals surface area contributed by atoms with Gasteiger partial charge in [-0.25, -0.2) is 9.69 Å². The highest BCUT2D eigenvalue weighted by molar-refractivity contribution is 6.14.